The van der Waals surface area contributed by atoms with Crippen LogP contribution in [0.4, 0.5) is 24.5 Å². The van der Waals surface area contributed by atoms with Crippen LogP contribution in [-0.4, -0.2) is 74.8 Å². The standard InChI is InChI=1S/C32H31F3N8O2/c1-19-3-5-22(17-25(19)41-31(45)29-38-8-7-24(40-29)26-18-36-9-10-37-26)39-30(44)21-15-20-4-6-27(43-13-11-42(2)12-14-43)28(20)23(16-21)32(33,34)35/h3,5,7-10,15-18,27H,4,6,11-14H2,1-2H3,(H,39,44)(H,41,45). The van der Waals surface area contributed by atoms with E-state index in [4.69, 9.17) is 0 Å². The van der Waals surface area contributed by atoms with E-state index in [-0.39, 0.29) is 23.0 Å². The number of hydrogen-bond acceptors (Lipinski definition) is 8. The molecule has 1 fully saturated rings. The Kier molecular flexibility index (Phi) is 8.30. The minimum Gasteiger partial charge on any atom is -0.322 e. The van der Waals surface area contributed by atoms with Crippen molar-refractivity contribution in [1.29, 1.82) is 0 Å². The van der Waals surface area contributed by atoms with Gasteiger partial charge in [-0.1, -0.05) is 6.07 Å². The van der Waals surface area contributed by atoms with Gasteiger partial charge in [0.2, 0.25) is 5.82 Å². The quantitative estimate of drug-likeness (QED) is 0.311. The highest BCUT2D eigenvalue weighted by Crippen LogP contribution is 2.45. The summed E-state index contributed by atoms with van der Waals surface area (Å²) in [6.07, 6.45) is 2.44. The van der Waals surface area contributed by atoms with Crippen molar-refractivity contribution in [2.75, 3.05) is 43.9 Å². The zero-order valence-corrected chi connectivity index (χ0v) is 24.7. The summed E-state index contributed by atoms with van der Waals surface area (Å²) in [4.78, 5) is 47.2. The van der Waals surface area contributed by atoms with Crippen LogP contribution in [0.15, 0.2) is 61.2 Å². The molecule has 0 spiro atoms. The number of piperazine rings is 1. The van der Waals surface area contributed by atoms with Gasteiger partial charge in [0.15, 0.2) is 0 Å². The molecule has 1 aliphatic heterocycles. The number of amides is 2. The Bertz CT molecular complexity index is 1740. The van der Waals surface area contributed by atoms with Gasteiger partial charge < -0.3 is 15.5 Å². The van der Waals surface area contributed by atoms with Gasteiger partial charge in [-0.2, -0.15) is 13.2 Å². The normalized spacial score (nSPS) is 17.1. The van der Waals surface area contributed by atoms with Gasteiger partial charge in [0.1, 0.15) is 5.69 Å². The van der Waals surface area contributed by atoms with Crippen LogP contribution in [0.25, 0.3) is 11.4 Å². The molecule has 0 bridgehead atoms. The van der Waals surface area contributed by atoms with Crippen molar-refractivity contribution in [3.8, 4) is 11.4 Å². The van der Waals surface area contributed by atoms with Crippen LogP contribution in [0, 0.1) is 6.92 Å². The van der Waals surface area contributed by atoms with Crippen LogP contribution in [0.1, 0.15) is 55.7 Å². The predicted molar refractivity (Wildman–Crippen MR) is 162 cm³/mol. The van der Waals surface area contributed by atoms with E-state index in [0.717, 1.165) is 19.2 Å². The van der Waals surface area contributed by atoms with Crippen molar-refractivity contribution in [1.82, 2.24) is 29.7 Å². The lowest BCUT2D eigenvalue weighted by molar-refractivity contribution is -0.138. The predicted octanol–water partition coefficient (Wildman–Crippen LogP) is 5.00. The number of aromatic nitrogens is 4. The minimum absolute atomic E-state index is 0.0690. The molecule has 2 aliphatic rings. The highest BCUT2D eigenvalue weighted by molar-refractivity contribution is 6.06. The number of anilines is 2. The van der Waals surface area contributed by atoms with Gasteiger partial charge in [0.25, 0.3) is 11.8 Å². The van der Waals surface area contributed by atoms with E-state index in [1.807, 2.05) is 7.05 Å². The van der Waals surface area contributed by atoms with Crippen molar-refractivity contribution in [3.63, 3.8) is 0 Å². The number of carbonyl (C=O) groups is 2. The van der Waals surface area contributed by atoms with Crippen LogP contribution in [0.5, 0.6) is 0 Å². The first-order chi connectivity index (χ1) is 21.6. The van der Waals surface area contributed by atoms with E-state index >= 15 is 0 Å². The van der Waals surface area contributed by atoms with Crippen molar-refractivity contribution in [2.45, 2.75) is 32.0 Å². The molecule has 13 heteroatoms. The highest BCUT2D eigenvalue weighted by Gasteiger charge is 2.41. The summed E-state index contributed by atoms with van der Waals surface area (Å²) in [6.45, 7) is 4.77. The molecule has 1 aliphatic carbocycles. The first kappa shape index (κ1) is 30.3. The molecule has 0 saturated carbocycles. The van der Waals surface area contributed by atoms with E-state index in [0.29, 0.717) is 59.8 Å². The van der Waals surface area contributed by atoms with Gasteiger partial charge in [0, 0.05) is 67.7 Å². The van der Waals surface area contributed by atoms with E-state index < -0.39 is 23.6 Å². The molecule has 232 valence electrons. The molecule has 2 aromatic heterocycles. The summed E-state index contributed by atoms with van der Waals surface area (Å²) >= 11 is 0. The SMILES string of the molecule is Cc1ccc(NC(=O)c2cc3c(c(C(F)(F)F)c2)C(N2CCN(C)CC2)CC3)cc1NC(=O)c1nccc(-c2cnccn2)n1. The summed E-state index contributed by atoms with van der Waals surface area (Å²) in [6, 6.07) is 8.67. The number of alkyl halides is 3. The van der Waals surface area contributed by atoms with E-state index in [1.165, 1.54) is 24.8 Å². The molecule has 6 rings (SSSR count). The number of carbonyl (C=O) groups excluding carboxylic acids is 2. The summed E-state index contributed by atoms with van der Waals surface area (Å²) in [5.41, 5.74) is 2.29. The molecule has 1 unspecified atom stereocenters. The number of likely N-dealkylation sites (N-methyl/N-ethyl adjacent to an activating group) is 1. The van der Waals surface area contributed by atoms with Crippen molar-refractivity contribution in [3.05, 3.63) is 94.8 Å². The second-order valence-corrected chi connectivity index (χ2v) is 11.3. The second kappa shape index (κ2) is 12.3. The fourth-order valence-corrected chi connectivity index (χ4v) is 5.87. The first-order valence-electron chi connectivity index (χ1n) is 14.6. The number of aryl methyl sites for hydroxylation is 2. The summed E-state index contributed by atoms with van der Waals surface area (Å²) in [5, 5.41) is 5.45. The number of nitrogens with zero attached hydrogens (tertiary/aromatic N) is 6. The Labute approximate surface area is 257 Å². The van der Waals surface area contributed by atoms with Crippen molar-refractivity contribution >= 4 is 23.2 Å². The highest BCUT2D eigenvalue weighted by atomic mass is 19.4. The molecule has 10 nitrogen and oxygen atoms in total. The van der Waals surface area contributed by atoms with Crippen molar-refractivity contribution in [2.24, 2.45) is 0 Å². The van der Waals surface area contributed by atoms with E-state index in [2.05, 4.69) is 40.4 Å². The zero-order valence-electron chi connectivity index (χ0n) is 24.7. The van der Waals surface area contributed by atoms with Crippen LogP contribution in [0.2, 0.25) is 0 Å². The lowest BCUT2D eigenvalue weighted by Crippen LogP contribution is -2.45. The molecular weight excluding hydrogens is 585 g/mol. The molecule has 3 heterocycles. The van der Waals surface area contributed by atoms with E-state index in [9.17, 15) is 22.8 Å². The lowest BCUT2D eigenvalue weighted by Gasteiger charge is -2.37. The fourth-order valence-electron chi connectivity index (χ4n) is 5.87. The lowest BCUT2D eigenvalue weighted by atomic mass is 9.95. The molecular formula is C32H31F3N8O2. The Morgan fingerprint density at radius 2 is 1.71 bits per heavy atom. The largest absolute Gasteiger partial charge is 0.416 e. The molecule has 0 radical (unpaired) electrons. The molecule has 2 N–H and O–H groups in total. The number of halogens is 3. The molecule has 1 atom stereocenters. The third-order valence-corrected chi connectivity index (χ3v) is 8.26. The Balaban J connectivity index is 1.21. The zero-order chi connectivity index (χ0) is 31.7. The van der Waals surface area contributed by atoms with Crippen LogP contribution >= 0.6 is 0 Å². The van der Waals surface area contributed by atoms with Gasteiger partial charge in [-0.05, 0) is 73.8 Å². The monoisotopic (exact) mass is 616 g/mol. The first-order valence-corrected chi connectivity index (χ1v) is 14.6. The third kappa shape index (κ3) is 6.54. The summed E-state index contributed by atoms with van der Waals surface area (Å²) in [5.74, 6) is -1.36. The molecule has 45 heavy (non-hydrogen) atoms. The molecule has 2 amide bonds. The maximum absolute atomic E-state index is 14.4. The maximum Gasteiger partial charge on any atom is 0.416 e. The van der Waals surface area contributed by atoms with Crippen molar-refractivity contribution < 1.29 is 22.8 Å². The molecule has 1 saturated heterocycles. The average molecular weight is 617 g/mol. The minimum atomic E-state index is -4.61. The van der Waals surface area contributed by atoms with Gasteiger partial charge in [-0.3, -0.25) is 24.5 Å². The fraction of sp³-hybridized carbons (Fsp3) is 0.312. The number of hydrogen-bond donors (Lipinski definition) is 2. The van der Waals surface area contributed by atoms with Gasteiger partial charge in [-0.25, -0.2) is 9.97 Å². The van der Waals surface area contributed by atoms with Crippen LogP contribution < -0.4 is 10.6 Å². The number of rotatable bonds is 6. The van der Waals surface area contributed by atoms with E-state index in [1.54, 1.807) is 37.3 Å². The maximum atomic E-state index is 14.4. The average Bonchev–Trinajstić information content (AvgIpc) is 3.46. The smallest absolute Gasteiger partial charge is 0.322 e. The summed E-state index contributed by atoms with van der Waals surface area (Å²) < 4.78 is 43.1. The Morgan fingerprint density at radius 3 is 2.44 bits per heavy atom. The van der Waals surface area contributed by atoms with Crippen LogP contribution in [-0.2, 0) is 12.6 Å². The second-order valence-electron chi connectivity index (χ2n) is 11.3. The Morgan fingerprint density at radius 1 is 0.911 bits per heavy atom. The van der Waals surface area contributed by atoms with Gasteiger partial charge in [0.05, 0.1) is 17.5 Å². The number of fused-ring (bicyclic) bond motifs is 1. The van der Waals surface area contributed by atoms with Gasteiger partial charge >= 0.3 is 6.18 Å². The van der Waals surface area contributed by atoms with Crippen LogP contribution in [0.3, 0.4) is 0 Å². The molecule has 4 aromatic rings. The number of nitrogens with one attached hydrogen (secondary N) is 2. The Hall–Kier alpha value is -4.75. The third-order valence-electron chi connectivity index (χ3n) is 8.26. The molecule has 2 aromatic carbocycles. The number of benzene rings is 2. The van der Waals surface area contributed by atoms with Gasteiger partial charge in [-0.15, -0.1) is 0 Å². The summed E-state index contributed by atoms with van der Waals surface area (Å²) in [7, 11) is 2.01. The topological polar surface area (TPSA) is 116 Å².